The molecule has 2 aromatic carbocycles. The Balaban J connectivity index is 1.53. The van der Waals surface area contributed by atoms with Crippen molar-refractivity contribution in [1.29, 1.82) is 0 Å². The molecule has 1 fully saturated rings. The van der Waals surface area contributed by atoms with Crippen LogP contribution in [-0.4, -0.2) is 23.5 Å². The molecule has 1 aliphatic carbocycles. The van der Waals surface area contributed by atoms with E-state index in [2.05, 4.69) is 5.32 Å². The first kappa shape index (κ1) is 16.8. The number of benzene rings is 2. The highest BCUT2D eigenvalue weighted by Gasteiger charge is 2.32. The highest BCUT2D eigenvalue weighted by molar-refractivity contribution is 6.30. The summed E-state index contributed by atoms with van der Waals surface area (Å²) in [5.74, 6) is -0.261. The van der Waals surface area contributed by atoms with Gasteiger partial charge in [0.25, 0.3) is 0 Å². The Morgan fingerprint density at radius 2 is 1.92 bits per heavy atom. The van der Waals surface area contributed by atoms with Crippen LogP contribution >= 0.6 is 11.6 Å². The van der Waals surface area contributed by atoms with Crippen molar-refractivity contribution >= 4 is 17.6 Å². The van der Waals surface area contributed by atoms with Crippen molar-refractivity contribution in [1.82, 2.24) is 10.2 Å². The third kappa shape index (κ3) is 4.71. The Bertz CT molecular complexity index is 701. The summed E-state index contributed by atoms with van der Waals surface area (Å²) in [6, 6.07) is 14.2. The van der Waals surface area contributed by atoms with Crippen molar-refractivity contribution in [2.75, 3.05) is 6.54 Å². The van der Waals surface area contributed by atoms with Crippen molar-refractivity contribution in [2.45, 2.75) is 31.8 Å². The molecular formula is C19H20ClFN2O. The molecule has 0 unspecified atom stereocenters. The van der Waals surface area contributed by atoms with Gasteiger partial charge in [-0.1, -0.05) is 35.9 Å². The van der Waals surface area contributed by atoms with E-state index in [4.69, 9.17) is 11.6 Å². The van der Waals surface area contributed by atoms with E-state index < -0.39 is 0 Å². The van der Waals surface area contributed by atoms with Gasteiger partial charge in [-0.3, -0.25) is 0 Å². The van der Waals surface area contributed by atoms with Gasteiger partial charge in [0.15, 0.2) is 0 Å². The van der Waals surface area contributed by atoms with Crippen LogP contribution in [0.25, 0.3) is 0 Å². The number of carbonyl (C=O) groups excluding carboxylic acids is 1. The number of urea groups is 1. The standard InChI is InChI=1S/C19H20ClFN2O/c20-16-3-1-2-14(12-16)10-11-22-19(24)23(18-8-9-18)13-15-4-6-17(21)7-5-15/h1-7,12,18H,8-11,13H2,(H,22,24). The van der Waals surface area contributed by atoms with Gasteiger partial charge in [0.1, 0.15) is 5.82 Å². The molecule has 0 radical (unpaired) electrons. The number of carbonyl (C=O) groups is 1. The van der Waals surface area contributed by atoms with Crippen LogP contribution in [0.3, 0.4) is 0 Å². The van der Waals surface area contributed by atoms with Gasteiger partial charge in [0.2, 0.25) is 0 Å². The van der Waals surface area contributed by atoms with Crippen molar-refractivity contribution in [3.05, 3.63) is 70.5 Å². The number of amides is 2. The van der Waals surface area contributed by atoms with E-state index in [9.17, 15) is 9.18 Å². The number of nitrogens with zero attached hydrogens (tertiary/aromatic N) is 1. The maximum atomic E-state index is 13.0. The normalized spacial score (nSPS) is 13.6. The number of rotatable bonds is 6. The number of halogens is 2. The molecule has 0 atom stereocenters. The molecule has 0 saturated heterocycles. The first-order chi connectivity index (χ1) is 11.6. The van der Waals surface area contributed by atoms with E-state index in [-0.39, 0.29) is 11.8 Å². The summed E-state index contributed by atoms with van der Waals surface area (Å²) in [4.78, 5) is 14.3. The maximum Gasteiger partial charge on any atom is 0.317 e. The van der Waals surface area contributed by atoms with E-state index in [1.807, 2.05) is 29.2 Å². The summed E-state index contributed by atoms with van der Waals surface area (Å²) in [6.45, 7) is 1.07. The third-order valence-corrected chi connectivity index (χ3v) is 4.33. The minimum Gasteiger partial charge on any atom is -0.338 e. The van der Waals surface area contributed by atoms with Crippen molar-refractivity contribution in [3.63, 3.8) is 0 Å². The highest BCUT2D eigenvalue weighted by atomic mass is 35.5. The zero-order valence-corrected chi connectivity index (χ0v) is 14.1. The number of hydrogen-bond acceptors (Lipinski definition) is 1. The molecule has 3 rings (SSSR count). The van der Waals surface area contributed by atoms with Crippen LogP contribution in [0.4, 0.5) is 9.18 Å². The summed E-state index contributed by atoms with van der Waals surface area (Å²) in [5.41, 5.74) is 2.03. The van der Waals surface area contributed by atoms with Gasteiger partial charge in [-0.25, -0.2) is 9.18 Å². The summed E-state index contributed by atoms with van der Waals surface area (Å²) < 4.78 is 13.0. The Morgan fingerprint density at radius 1 is 1.17 bits per heavy atom. The van der Waals surface area contributed by atoms with Crippen molar-refractivity contribution < 1.29 is 9.18 Å². The SMILES string of the molecule is O=C(NCCc1cccc(Cl)c1)N(Cc1ccc(F)cc1)C1CC1. The zero-order chi connectivity index (χ0) is 16.9. The Morgan fingerprint density at radius 3 is 2.58 bits per heavy atom. The molecule has 2 amide bonds. The molecule has 0 aromatic heterocycles. The minimum atomic E-state index is -0.261. The van der Waals surface area contributed by atoms with Gasteiger partial charge < -0.3 is 10.2 Å². The van der Waals surface area contributed by atoms with Gasteiger partial charge in [-0.2, -0.15) is 0 Å². The predicted molar refractivity (Wildman–Crippen MR) is 93.5 cm³/mol. The highest BCUT2D eigenvalue weighted by Crippen LogP contribution is 2.28. The number of nitrogens with one attached hydrogen (secondary N) is 1. The monoisotopic (exact) mass is 346 g/mol. The van der Waals surface area contributed by atoms with Crippen LogP contribution in [0.1, 0.15) is 24.0 Å². The van der Waals surface area contributed by atoms with E-state index in [0.717, 1.165) is 30.4 Å². The summed E-state index contributed by atoms with van der Waals surface area (Å²) in [7, 11) is 0. The lowest BCUT2D eigenvalue weighted by atomic mass is 10.1. The van der Waals surface area contributed by atoms with Gasteiger partial charge in [-0.15, -0.1) is 0 Å². The summed E-state index contributed by atoms with van der Waals surface area (Å²) in [5, 5.41) is 3.68. The lowest BCUT2D eigenvalue weighted by Gasteiger charge is -2.23. The van der Waals surface area contributed by atoms with Crippen LogP contribution in [-0.2, 0) is 13.0 Å². The molecule has 2 aromatic rings. The van der Waals surface area contributed by atoms with E-state index in [0.29, 0.717) is 24.2 Å². The summed E-state index contributed by atoms with van der Waals surface area (Å²) >= 11 is 5.97. The quantitative estimate of drug-likeness (QED) is 0.826. The smallest absolute Gasteiger partial charge is 0.317 e. The molecular weight excluding hydrogens is 327 g/mol. The molecule has 1 N–H and O–H groups in total. The second kappa shape index (κ2) is 7.67. The van der Waals surface area contributed by atoms with E-state index >= 15 is 0 Å². The largest absolute Gasteiger partial charge is 0.338 e. The Hall–Kier alpha value is -2.07. The van der Waals surface area contributed by atoms with Crippen LogP contribution in [0.5, 0.6) is 0 Å². The molecule has 1 aliphatic rings. The second-order valence-electron chi connectivity index (χ2n) is 6.10. The molecule has 3 nitrogen and oxygen atoms in total. The fourth-order valence-corrected chi connectivity index (χ4v) is 2.86. The molecule has 0 aliphatic heterocycles. The van der Waals surface area contributed by atoms with Crippen molar-refractivity contribution in [3.8, 4) is 0 Å². The first-order valence-electron chi connectivity index (χ1n) is 8.15. The van der Waals surface area contributed by atoms with Gasteiger partial charge in [0, 0.05) is 24.2 Å². The lowest BCUT2D eigenvalue weighted by Crippen LogP contribution is -2.41. The molecule has 0 bridgehead atoms. The second-order valence-corrected chi connectivity index (χ2v) is 6.53. The van der Waals surface area contributed by atoms with E-state index in [1.165, 1.54) is 12.1 Å². The van der Waals surface area contributed by atoms with Crippen LogP contribution in [0.15, 0.2) is 48.5 Å². The van der Waals surface area contributed by atoms with Gasteiger partial charge in [-0.05, 0) is 54.7 Å². The van der Waals surface area contributed by atoms with Gasteiger partial charge >= 0.3 is 6.03 Å². The maximum absolute atomic E-state index is 13.0. The van der Waals surface area contributed by atoms with E-state index in [1.54, 1.807) is 12.1 Å². The van der Waals surface area contributed by atoms with Crippen LogP contribution in [0.2, 0.25) is 5.02 Å². The topological polar surface area (TPSA) is 32.3 Å². The van der Waals surface area contributed by atoms with Crippen LogP contribution < -0.4 is 5.32 Å². The average molecular weight is 347 g/mol. The predicted octanol–water partition coefficient (Wildman–Crippen LogP) is 4.40. The van der Waals surface area contributed by atoms with Gasteiger partial charge in [0.05, 0.1) is 0 Å². The fraction of sp³-hybridized carbons (Fsp3) is 0.316. The Kier molecular flexibility index (Phi) is 5.36. The molecule has 5 heteroatoms. The third-order valence-electron chi connectivity index (χ3n) is 4.09. The molecule has 24 heavy (non-hydrogen) atoms. The summed E-state index contributed by atoms with van der Waals surface area (Å²) in [6.07, 6.45) is 2.80. The molecule has 0 heterocycles. The average Bonchev–Trinajstić information content (AvgIpc) is 3.39. The van der Waals surface area contributed by atoms with Crippen molar-refractivity contribution in [2.24, 2.45) is 0 Å². The molecule has 0 spiro atoms. The Labute approximate surface area is 146 Å². The fourth-order valence-electron chi connectivity index (χ4n) is 2.65. The zero-order valence-electron chi connectivity index (χ0n) is 13.3. The molecule has 126 valence electrons. The minimum absolute atomic E-state index is 0.0659. The lowest BCUT2D eigenvalue weighted by molar-refractivity contribution is 0.192. The molecule has 1 saturated carbocycles. The van der Waals surface area contributed by atoms with Crippen LogP contribution in [0, 0.1) is 5.82 Å². The first-order valence-corrected chi connectivity index (χ1v) is 8.53. The number of hydrogen-bond donors (Lipinski definition) is 1.